The number of ether oxygens (including phenoxy) is 1. The molecule has 0 radical (unpaired) electrons. The highest BCUT2D eigenvalue weighted by Gasteiger charge is 2.29. The summed E-state index contributed by atoms with van der Waals surface area (Å²) < 4.78 is 5.77. The minimum atomic E-state index is -0.549. The molecule has 31 heavy (non-hydrogen) atoms. The van der Waals surface area contributed by atoms with Gasteiger partial charge >= 0.3 is 0 Å². The van der Waals surface area contributed by atoms with E-state index in [2.05, 4.69) is 12.2 Å². The highest BCUT2D eigenvalue weighted by atomic mass is 16.5. The Morgan fingerprint density at radius 3 is 2.26 bits per heavy atom. The van der Waals surface area contributed by atoms with Gasteiger partial charge in [0.05, 0.1) is 0 Å². The largest absolute Gasteiger partial charge is 0.484 e. The molecule has 0 saturated heterocycles. The van der Waals surface area contributed by atoms with Crippen LogP contribution in [0.4, 0.5) is 0 Å². The monoisotopic (exact) mass is 424 g/mol. The fourth-order valence-electron chi connectivity index (χ4n) is 3.38. The highest BCUT2D eigenvalue weighted by Crippen LogP contribution is 2.17. The van der Waals surface area contributed by atoms with Crippen molar-refractivity contribution in [2.45, 2.75) is 72.5 Å². The van der Waals surface area contributed by atoms with Gasteiger partial charge in [-0.05, 0) is 61.9 Å². The lowest BCUT2D eigenvalue weighted by Crippen LogP contribution is -2.51. The van der Waals surface area contributed by atoms with Crippen LogP contribution in [0.1, 0.15) is 57.2 Å². The number of nitrogens with zero attached hydrogens (tertiary/aromatic N) is 1. The van der Waals surface area contributed by atoms with Gasteiger partial charge in [-0.1, -0.05) is 57.2 Å². The summed E-state index contributed by atoms with van der Waals surface area (Å²) in [5.41, 5.74) is 3.33. The third-order valence-electron chi connectivity index (χ3n) is 5.68. The summed E-state index contributed by atoms with van der Waals surface area (Å²) in [5.74, 6) is 0.332. The Labute approximate surface area is 186 Å². The summed E-state index contributed by atoms with van der Waals surface area (Å²) in [6.45, 7) is 10.3. The predicted molar refractivity (Wildman–Crippen MR) is 125 cm³/mol. The van der Waals surface area contributed by atoms with E-state index in [0.29, 0.717) is 18.7 Å². The molecule has 5 heteroatoms. The van der Waals surface area contributed by atoms with Gasteiger partial charge in [0.1, 0.15) is 11.8 Å². The van der Waals surface area contributed by atoms with Crippen LogP contribution in [-0.4, -0.2) is 35.4 Å². The molecule has 2 atom stereocenters. The number of benzene rings is 2. The fourth-order valence-corrected chi connectivity index (χ4v) is 3.38. The SMILES string of the molecule is CCc1ccc(OCC(=O)N(Cc2ccccc2C)[C@@H](CC)C(=O)N[C@H](C)CC)cc1. The molecule has 0 aliphatic carbocycles. The van der Waals surface area contributed by atoms with E-state index < -0.39 is 6.04 Å². The third kappa shape index (κ3) is 7.12. The van der Waals surface area contributed by atoms with E-state index in [1.54, 1.807) is 4.90 Å². The van der Waals surface area contributed by atoms with Crippen LogP contribution in [0.5, 0.6) is 5.75 Å². The first-order valence-electron chi connectivity index (χ1n) is 11.3. The van der Waals surface area contributed by atoms with Crippen molar-refractivity contribution in [1.82, 2.24) is 10.2 Å². The summed E-state index contributed by atoms with van der Waals surface area (Å²) in [7, 11) is 0. The van der Waals surface area contributed by atoms with Gasteiger partial charge in [-0.25, -0.2) is 0 Å². The zero-order chi connectivity index (χ0) is 22.8. The highest BCUT2D eigenvalue weighted by molar-refractivity contribution is 5.88. The molecule has 2 aromatic rings. The molecule has 0 spiro atoms. The van der Waals surface area contributed by atoms with Crippen LogP contribution in [0.2, 0.25) is 0 Å². The standard InChI is InChI=1S/C26H36N2O3/c1-6-20(5)27-26(30)24(8-3)28(17-22-12-10-9-11-19(22)4)25(29)18-31-23-15-13-21(7-2)14-16-23/h9-16,20,24H,6-8,17-18H2,1-5H3,(H,27,30)/t20-,24+/m1/s1. The molecule has 168 valence electrons. The van der Waals surface area contributed by atoms with Crippen molar-refractivity contribution in [2.24, 2.45) is 0 Å². The molecule has 2 rings (SSSR count). The van der Waals surface area contributed by atoms with Gasteiger partial charge in [0, 0.05) is 12.6 Å². The molecule has 0 aliphatic rings. The molecule has 0 heterocycles. The van der Waals surface area contributed by atoms with Crippen LogP contribution >= 0.6 is 0 Å². The van der Waals surface area contributed by atoms with Gasteiger partial charge in [0.25, 0.3) is 5.91 Å². The molecule has 2 amide bonds. The fraction of sp³-hybridized carbons (Fsp3) is 0.462. The first-order chi connectivity index (χ1) is 14.9. The Bertz CT molecular complexity index is 848. The van der Waals surface area contributed by atoms with E-state index >= 15 is 0 Å². The second-order valence-corrected chi connectivity index (χ2v) is 7.98. The second-order valence-electron chi connectivity index (χ2n) is 7.98. The van der Waals surface area contributed by atoms with Gasteiger partial charge in [-0.3, -0.25) is 9.59 Å². The summed E-state index contributed by atoms with van der Waals surface area (Å²) in [6.07, 6.45) is 2.32. The molecule has 2 aromatic carbocycles. The Morgan fingerprint density at radius 2 is 1.68 bits per heavy atom. The Kier molecular flexibility index (Phi) is 9.57. The zero-order valence-corrected chi connectivity index (χ0v) is 19.5. The normalized spacial score (nSPS) is 12.7. The van der Waals surface area contributed by atoms with Gasteiger partial charge in [0.2, 0.25) is 5.91 Å². The second kappa shape index (κ2) is 12.1. The van der Waals surface area contributed by atoms with Crippen LogP contribution in [0, 0.1) is 6.92 Å². The molecule has 0 aliphatic heterocycles. The Balaban J connectivity index is 2.20. The van der Waals surface area contributed by atoms with E-state index in [1.807, 2.05) is 76.2 Å². The van der Waals surface area contributed by atoms with Crippen molar-refractivity contribution in [2.75, 3.05) is 6.61 Å². The molecule has 1 N–H and O–H groups in total. The Morgan fingerprint density at radius 1 is 1.00 bits per heavy atom. The van der Waals surface area contributed by atoms with Crippen molar-refractivity contribution >= 4 is 11.8 Å². The summed E-state index contributed by atoms with van der Waals surface area (Å²) in [6, 6.07) is 15.2. The maximum Gasteiger partial charge on any atom is 0.261 e. The molecule has 0 fully saturated rings. The average Bonchev–Trinajstić information content (AvgIpc) is 2.78. The number of carbonyl (C=O) groups excluding carboxylic acids is 2. The van der Waals surface area contributed by atoms with Crippen LogP contribution in [-0.2, 0) is 22.6 Å². The van der Waals surface area contributed by atoms with E-state index in [0.717, 1.165) is 24.0 Å². The maximum atomic E-state index is 13.2. The van der Waals surface area contributed by atoms with E-state index in [-0.39, 0.29) is 24.5 Å². The van der Waals surface area contributed by atoms with Gasteiger partial charge < -0.3 is 15.0 Å². The molecule has 0 saturated carbocycles. The van der Waals surface area contributed by atoms with E-state index in [1.165, 1.54) is 5.56 Å². The van der Waals surface area contributed by atoms with Crippen molar-refractivity contribution in [3.8, 4) is 5.75 Å². The number of nitrogens with one attached hydrogen (secondary N) is 1. The zero-order valence-electron chi connectivity index (χ0n) is 19.5. The first-order valence-corrected chi connectivity index (χ1v) is 11.3. The smallest absolute Gasteiger partial charge is 0.261 e. The maximum absolute atomic E-state index is 13.2. The van der Waals surface area contributed by atoms with Gasteiger partial charge in [-0.15, -0.1) is 0 Å². The predicted octanol–water partition coefficient (Wildman–Crippen LogP) is 4.66. The van der Waals surface area contributed by atoms with Gasteiger partial charge in [-0.2, -0.15) is 0 Å². The van der Waals surface area contributed by atoms with E-state index in [9.17, 15) is 9.59 Å². The summed E-state index contributed by atoms with van der Waals surface area (Å²) in [5, 5.41) is 3.03. The molecule has 5 nitrogen and oxygen atoms in total. The van der Waals surface area contributed by atoms with Crippen LogP contribution in [0.3, 0.4) is 0 Å². The minimum Gasteiger partial charge on any atom is -0.484 e. The minimum absolute atomic E-state index is 0.0605. The van der Waals surface area contributed by atoms with Crippen molar-refractivity contribution < 1.29 is 14.3 Å². The van der Waals surface area contributed by atoms with Gasteiger partial charge in [0.15, 0.2) is 6.61 Å². The molecule has 0 unspecified atom stereocenters. The lowest BCUT2D eigenvalue weighted by molar-refractivity contribution is -0.143. The molecular formula is C26H36N2O3. The van der Waals surface area contributed by atoms with Crippen molar-refractivity contribution in [3.63, 3.8) is 0 Å². The number of carbonyl (C=O) groups is 2. The number of hydrogen-bond donors (Lipinski definition) is 1. The van der Waals surface area contributed by atoms with Crippen LogP contribution in [0.25, 0.3) is 0 Å². The number of amides is 2. The topological polar surface area (TPSA) is 58.6 Å². The molecule has 0 bridgehead atoms. The number of hydrogen-bond acceptors (Lipinski definition) is 3. The summed E-state index contributed by atoms with van der Waals surface area (Å²) >= 11 is 0. The lowest BCUT2D eigenvalue weighted by Gasteiger charge is -2.31. The third-order valence-corrected chi connectivity index (χ3v) is 5.68. The Hall–Kier alpha value is -2.82. The first kappa shape index (κ1) is 24.4. The quantitative estimate of drug-likeness (QED) is 0.571. The van der Waals surface area contributed by atoms with E-state index in [4.69, 9.17) is 4.74 Å². The van der Waals surface area contributed by atoms with Crippen molar-refractivity contribution in [1.29, 1.82) is 0 Å². The average molecular weight is 425 g/mol. The van der Waals surface area contributed by atoms with Crippen molar-refractivity contribution in [3.05, 3.63) is 65.2 Å². The number of rotatable bonds is 11. The lowest BCUT2D eigenvalue weighted by atomic mass is 10.1. The molecular weight excluding hydrogens is 388 g/mol. The number of aryl methyl sites for hydroxylation is 2. The molecule has 0 aromatic heterocycles. The van der Waals surface area contributed by atoms with Crippen LogP contribution in [0.15, 0.2) is 48.5 Å². The van der Waals surface area contributed by atoms with Crippen LogP contribution < -0.4 is 10.1 Å². The summed E-state index contributed by atoms with van der Waals surface area (Å²) in [4.78, 5) is 27.9.